The topological polar surface area (TPSA) is 29.1 Å². The zero-order chi connectivity index (χ0) is 12.5. The van der Waals surface area contributed by atoms with Gasteiger partial charge in [-0.1, -0.05) is 24.3 Å². The fourth-order valence-corrected chi connectivity index (χ4v) is 3.24. The van der Waals surface area contributed by atoms with Crippen LogP contribution in [0.25, 0.3) is 0 Å². The molecule has 1 aliphatic heterocycles. The lowest BCUT2D eigenvalue weighted by Gasteiger charge is -2.25. The van der Waals surface area contributed by atoms with E-state index in [1.54, 1.807) is 11.3 Å². The number of thiophene rings is 1. The van der Waals surface area contributed by atoms with Crippen LogP contribution in [0.5, 0.6) is 0 Å². The molecule has 0 aliphatic carbocycles. The van der Waals surface area contributed by atoms with Gasteiger partial charge in [-0.15, -0.1) is 11.3 Å². The lowest BCUT2D eigenvalue weighted by atomic mass is 9.90. The van der Waals surface area contributed by atoms with Crippen molar-refractivity contribution in [2.75, 3.05) is 6.54 Å². The van der Waals surface area contributed by atoms with Crippen LogP contribution in [0.15, 0.2) is 35.7 Å². The maximum absolute atomic E-state index is 12.6. The molecule has 0 radical (unpaired) electrons. The number of ketones is 1. The minimum Gasteiger partial charge on any atom is -0.303 e. The Morgan fingerprint density at radius 1 is 1.33 bits per heavy atom. The average molecular weight is 257 g/mol. The van der Waals surface area contributed by atoms with E-state index >= 15 is 0 Å². The summed E-state index contributed by atoms with van der Waals surface area (Å²) in [5.41, 5.74) is 3.29. The summed E-state index contributed by atoms with van der Waals surface area (Å²) >= 11 is 1.63. The molecule has 3 rings (SSSR count). The highest BCUT2D eigenvalue weighted by molar-refractivity contribution is 7.10. The molecule has 1 aromatic carbocycles. The Balaban J connectivity index is 2.00. The summed E-state index contributed by atoms with van der Waals surface area (Å²) < 4.78 is 0. The van der Waals surface area contributed by atoms with Crippen LogP contribution in [-0.2, 0) is 6.42 Å². The van der Waals surface area contributed by atoms with Gasteiger partial charge in [0.2, 0.25) is 0 Å². The molecule has 1 aromatic heterocycles. The molecule has 1 aliphatic rings. The van der Waals surface area contributed by atoms with E-state index in [-0.39, 0.29) is 11.8 Å². The number of carbonyl (C=O) groups is 1. The van der Waals surface area contributed by atoms with Gasteiger partial charge in [0, 0.05) is 17.0 Å². The molecule has 2 nitrogen and oxygen atoms in total. The highest BCUT2D eigenvalue weighted by atomic mass is 32.1. The number of benzene rings is 1. The second-order valence-corrected chi connectivity index (χ2v) is 5.71. The Morgan fingerprint density at radius 3 is 2.94 bits per heavy atom. The van der Waals surface area contributed by atoms with Crippen molar-refractivity contribution in [3.8, 4) is 0 Å². The van der Waals surface area contributed by atoms with E-state index in [9.17, 15) is 4.79 Å². The third-order valence-corrected chi connectivity index (χ3v) is 4.34. The third kappa shape index (κ3) is 1.89. The van der Waals surface area contributed by atoms with Gasteiger partial charge in [-0.05, 0) is 35.9 Å². The van der Waals surface area contributed by atoms with E-state index < -0.39 is 0 Å². The second-order valence-electron chi connectivity index (χ2n) is 4.59. The minimum atomic E-state index is -0.178. The number of carbonyl (C=O) groups excluding carboxylic acids is 1. The Kier molecular flexibility index (Phi) is 3.02. The first-order valence-electron chi connectivity index (χ1n) is 6.17. The van der Waals surface area contributed by atoms with Crippen molar-refractivity contribution in [2.45, 2.75) is 19.4 Å². The number of nitrogens with one attached hydrogen (secondary N) is 1. The first-order valence-corrected chi connectivity index (χ1v) is 7.05. The van der Waals surface area contributed by atoms with Crippen LogP contribution in [0.2, 0.25) is 0 Å². The molecule has 92 valence electrons. The maximum atomic E-state index is 12.6. The largest absolute Gasteiger partial charge is 0.303 e. The van der Waals surface area contributed by atoms with Crippen molar-refractivity contribution in [1.29, 1.82) is 0 Å². The van der Waals surface area contributed by atoms with Crippen molar-refractivity contribution >= 4 is 17.1 Å². The van der Waals surface area contributed by atoms with Crippen LogP contribution >= 0.6 is 11.3 Å². The highest BCUT2D eigenvalue weighted by Crippen LogP contribution is 2.28. The van der Waals surface area contributed by atoms with Gasteiger partial charge in [0.15, 0.2) is 5.78 Å². The lowest BCUT2D eigenvalue weighted by molar-refractivity contribution is 0.0939. The number of aryl methyl sites for hydroxylation is 1. The summed E-state index contributed by atoms with van der Waals surface area (Å²) in [5.74, 6) is 0.195. The molecule has 3 heteroatoms. The van der Waals surface area contributed by atoms with Crippen molar-refractivity contribution in [3.63, 3.8) is 0 Å². The molecule has 1 unspecified atom stereocenters. The molecular weight excluding hydrogens is 242 g/mol. The number of hydrogen-bond acceptors (Lipinski definition) is 3. The second kappa shape index (κ2) is 4.67. The zero-order valence-electron chi connectivity index (χ0n) is 10.3. The van der Waals surface area contributed by atoms with Crippen LogP contribution in [-0.4, -0.2) is 12.3 Å². The maximum Gasteiger partial charge on any atom is 0.185 e. The predicted molar refractivity (Wildman–Crippen MR) is 74.3 cm³/mol. The number of fused-ring (bicyclic) bond motifs is 1. The third-order valence-electron chi connectivity index (χ3n) is 3.50. The van der Waals surface area contributed by atoms with Gasteiger partial charge in [-0.25, -0.2) is 0 Å². The summed E-state index contributed by atoms with van der Waals surface area (Å²) in [5, 5.41) is 5.33. The molecule has 18 heavy (non-hydrogen) atoms. The Bertz CT molecular complexity index is 588. The fraction of sp³-hybridized carbons (Fsp3) is 0.267. The molecule has 1 N–H and O–H groups in total. The molecular formula is C15H15NOS. The molecule has 2 heterocycles. The Labute approximate surface area is 111 Å². The summed E-state index contributed by atoms with van der Waals surface area (Å²) in [7, 11) is 0. The zero-order valence-corrected chi connectivity index (χ0v) is 11.1. The first-order chi connectivity index (χ1) is 8.77. The molecule has 1 atom stereocenters. The molecule has 0 saturated heterocycles. The summed E-state index contributed by atoms with van der Waals surface area (Å²) in [4.78, 5) is 13.7. The van der Waals surface area contributed by atoms with E-state index in [1.165, 1.54) is 5.56 Å². The van der Waals surface area contributed by atoms with E-state index in [4.69, 9.17) is 0 Å². The van der Waals surface area contributed by atoms with Gasteiger partial charge >= 0.3 is 0 Å². The van der Waals surface area contributed by atoms with Crippen LogP contribution in [0.1, 0.15) is 32.4 Å². The van der Waals surface area contributed by atoms with Gasteiger partial charge in [-0.2, -0.15) is 0 Å². The smallest absolute Gasteiger partial charge is 0.185 e. The van der Waals surface area contributed by atoms with E-state index in [1.807, 2.05) is 30.5 Å². The van der Waals surface area contributed by atoms with Gasteiger partial charge < -0.3 is 5.32 Å². The molecule has 0 fully saturated rings. The standard InChI is InChI=1S/C15H15NOS/c1-10-12(7-9-18-10)15(17)14-13-5-3-2-4-11(13)6-8-16-14/h2-5,7,9,14,16H,6,8H2,1H3. The monoisotopic (exact) mass is 257 g/mol. The van der Waals surface area contributed by atoms with E-state index in [2.05, 4.69) is 17.4 Å². The number of hydrogen-bond donors (Lipinski definition) is 1. The molecule has 0 saturated carbocycles. The van der Waals surface area contributed by atoms with Crippen LogP contribution in [0.4, 0.5) is 0 Å². The van der Waals surface area contributed by atoms with Crippen molar-refractivity contribution in [3.05, 3.63) is 57.3 Å². The molecule has 0 amide bonds. The molecule has 0 spiro atoms. The Morgan fingerprint density at radius 2 is 2.17 bits per heavy atom. The van der Waals surface area contributed by atoms with Crippen LogP contribution in [0, 0.1) is 6.92 Å². The van der Waals surface area contributed by atoms with Crippen molar-refractivity contribution in [2.24, 2.45) is 0 Å². The summed E-state index contributed by atoms with van der Waals surface area (Å²) in [6.45, 7) is 2.88. The highest BCUT2D eigenvalue weighted by Gasteiger charge is 2.27. The minimum absolute atomic E-state index is 0.178. The predicted octanol–water partition coefficient (Wildman–Crippen LogP) is 3.13. The summed E-state index contributed by atoms with van der Waals surface area (Å²) in [6.07, 6.45) is 1.00. The Hall–Kier alpha value is -1.45. The van der Waals surface area contributed by atoms with E-state index in [0.717, 1.165) is 29.0 Å². The van der Waals surface area contributed by atoms with Crippen LogP contribution < -0.4 is 5.32 Å². The summed E-state index contributed by atoms with van der Waals surface area (Å²) in [6, 6.07) is 9.99. The van der Waals surface area contributed by atoms with Gasteiger partial charge in [0.1, 0.15) is 0 Å². The molecule has 0 bridgehead atoms. The lowest BCUT2D eigenvalue weighted by Crippen LogP contribution is -2.35. The molecule has 2 aromatic rings. The van der Waals surface area contributed by atoms with Crippen molar-refractivity contribution in [1.82, 2.24) is 5.32 Å². The number of rotatable bonds is 2. The quantitative estimate of drug-likeness (QED) is 0.837. The van der Waals surface area contributed by atoms with E-state index in [0.29, 0.717) is 0 Å². The van der Waals surface area contributed by atoms with Gasteiger partial charge in [0.05, 0.1) is 6.04 Å². The fourth-order valence-electron chi connectivity index (χ4n) is 2.53. The normalized spacial score (nSPS) is 18.4. The van der Waals surface area contributed by atoms with Crippen LogP contribution in [0.3, 0.4) is 0 Å². The number of Topliss-reactive ketones (excluding diaryl/α,β-unsaturated/α-hetero) is 1. The van der Waals surface area contributed by atoms with Gasteiger partial charge in [0.25, 0.3) is 0 Å². The SMILES string of the molecule is Cc1sccc1C(=O)C1NCCc2ccccc21. The average Bonchev–Trinajstić information content (AvgIpc) is 2.83. The first kappa shape index (κ1) is 11.6. The van der Waals surface area contributed by atoms with Crippen molar-refractivity contribution < 1.29 is 4.79 Å². The van der Waals surface area contributed by atoms with Gasteiger partial charge in [-0.3, -0.25) is 4.79 Å².